The molecule has 0 aromatic heterocycles. The molecule has 1 rings (SSSR count). The van der Waals surface area contributed by atoms with Crippen molar-refractivity contribution in [2.75, 3.05) is 6.61 Å². The summed E-state index contributed by atoms with van der Waals surface area (Å²) in [5.41, 5.74) is -2.00. The van der Waals surface area contributed by atoms with Crippen molar-refractivity contribution in [3.05, 3.63) is 0 Å². The molecule has 17 heavy (non-hydrogen) atoms. The lowest BCUT2D eigenvalue weighted by molar-refractivity contribution is -0.220. The molecule has 1 aliphatic carbocycles. The molecule has 1 aliphatic rings. The normalized spacial score (nSPS) is 23.1. The Morgan fingerprint density at radius 1 is 1.29 bits per heavy atom. The predicted molar refractivity (Wildman–Crippen MR) is 64.3 cm³/mol. The third-order valence-corrected chi connectivity index (χ3v) is 3.50. The Bertz CT molecular complexity index is 215. The van der Waals surface area contributed by atoms with E-state index in [9.17, 15) is 14.6 Å². The Labute approximate surface area is 103 Å². The molecule has 0 heterocycles. The van der Waals surface area contributed by atoms with Crippen molar-refractivity contribution in [2.24, 2.45) is 5.92 Å². The first-order chi connectivity index (χ1) is 8.03. The van der Waals surface area contributed by atoms with E-state index in [1.807, 2.05) is 0 Å². The average molecular weight is 248 g/mol. The van der Waals surface area contributed by atoms with Gasteiger partial charge in [0.2, 0.25) is 0 Å². The van der Waals surface area contributed by atoms with E-state index < -0.39 is 18.1 Å². The van der Waals surface area contributed by atoms with Crippen LogP contribution in [-0.2, 0) is 4.74 Å². The molecule has 4 heteroatoms. The summed E-state index contributed by atoms with van der Waals surface area (Å²) >= 11 is 0. The number of ether oxygens (including phenoxy) is 1. The van der Waals surface area contributed by atoms with E-state index in [0.29, 0.717) is 6.61 Å². The van der Waals surface area contributed by atoms with Gasteiger partial charge in [-0.3, -0.25) is 0 Å². The molecule has 0 saturated heterocycles. The van der Waals surface area contributed by atoms with Crippen LogP contribution >= 0.6 is 0 Å². The second-order valence-corrected chi connectivity index (χ2v) is 5.06. The summed E-state index contributed by atoms with van der Waals surface area (Å²) in [7, 11) is 0. The first-order valence-electron chi connectivity index (χ1n) is 6.70. The summed E-state index contributed by atoms with van der Waals surface area (Å²) in [4.78, 5) is 0. The van der Waals surface area contributed by atoms with Crippen molar-refractivity contribution >= 4 is 0 Å². The Morgan fingerprint density at radius 2 is 1.94 bits per heavy atom. The van der Waals surface area contributed by atoms with Crippen LogP contribution in [0.3, 0.4) is 0 Å². The second kappa shape index (κ2) is 6.66. The maximum atomic E-state index is 14.4. The van der Waals surface area contributed by atoms with Gasteiger partial charge in [0.1, 0.15) is 0 Å². The maximum absolute atomic E-state index is 14.4. The van der Waals surface area contributed by atoms with Crippen molar-refractivity contribution in [1.82, 2.24) is 0 Å². The molecule has 2 N–H and O–H groups in total. The van der Waals surface area contributed by atoms with Gasteiger partial charge in [-0.15, -0.1) is 0 Å². The molecular formula is C13H25FO3. The quantitative estimate of drug-likeness (QED) is 0.486. The zero-order valence-corrected chi connectivity index (χ0v) is 10.9. The Balaban J connectivity index is 2.31. The van der Waals surface area contributed by atoms with Gasteiger partial charge in [-0.25, -0.2) is 4.39 Å². The van der Waals surface area contributed by atoms with Crippen molar-refractivity contribution in [1.29, 1.82) is 0 Å². The van der Waals surface area contributed by atoms with Gasteiger partial charge in [-0.05, 0) is 26.2 Å². The number of hydrogen-bond acceptors (Lipinski definition) is 3. The molecule has 0 amide bonds. The van der Waals surface area contributed by atoms with E-state index in [-0.39, 0.29) is 5.92 Å². The molecule has 3 atom stereocenters. The monoisotopic (exact) mass is 248 g/mol. The molecule has 0 radical (unpaired) electrons. The van der Waals surface area contributed by atoms with Gasteiger partial charge >= 0.3 is 0 Å². The molecular weight excluding hydrogens is 223 g/mol. The minimum absolute atomic E-state index is 0.256. The smallest absolute Gasteiger partial charge is 0.192 e. The van der Waals surface area contributed by atoms with Gasteiger partial charge in [-0.2, -0.15) is 0 Å². The second-order valence-electron chi connectivity index (χ2n) is 5.06. The fourth-order valence-electron chi connectivity index (χ4n) is 2.13. The zero-order chi connectivity index (χ0) is 12.9. The van der Waals surface area contributed by atoms with E-state index in [0.717, 1.165) is 38.5 Å². The van der Waals surface area contributed by atoms with Crippen LogP contribution in [0.25, 0.3) is 0 Å². The number of hydrogen-bond donors (Lipinski definition) is 2. The van der Waals surface area contributed by atoms with Crippen LogP contribution in [0.15, 0.2) is 0 Å². The summed E-state index contributed by atoms with van der Waals surface area (Å²) < 4.78 is 19.6. The first-order valence-corrected chi connectivity index (χ1v) is 6.70. The topological polar surface area (TPSA) is 49.7 Å². The van der Waals surface area contributed by atoms with Crippen molar-refractivity contribution in [2.45, 2.75) is 70.4 Å². The van der Waals surface area contributed by atoms with E-state index in [2.05, 4.69) is 6.92 Å². The first kappa shape index (κ1) is 14.9. The van der Waals surface area contributed by atoms with E-state index in [4.69, 9.17) is 4.74 Å². The SMILES string of the molecule is CCCCCCOC(O)C(F)(C(C)O)C1CC1. The molecule has 3 nitrogen and oxygen atoms in total. The van der Waals surface area contributed by atoms with Crippen molar-refractivity contribution in [3.63, 3.8) is 0 Å². The van der Waals surface area contributed by atoms with Gasteiger partial charge in [0.25, 0.3) is 0 Å². The Morgan fingerprint density at radius 3 is 2.41 bits per heavy atom. The summed E-state index contributed by atoms with van der Waals surface area (Å²) in [5.74, 6) is -0.256. The highest BCUT2D eigenvalue weighted by Crippen LogP contribution is 2.46. The lowest BCUT2D eigenvalue weighted by Gasteiger charge is -2.32. The van der Waals surface area contributed by atoms with Crippen LogP contribution in [0.2, 0.25) is 0 Å². The van der Waals surface area contributed by atoms with Crippen LogP contribution in [0, 0.1) is 5.92 Å². The number of unbranched alkanes of at least 4 members (excludes halogenated alkanes) is 3. The van der Waals surface area contributed by atoms with Gasteiger partial charge in [-0.1, -0.05) is 26.2 Å². The number of halogens is 1. The number of alkyl halides is 1. The average Bonchev–Trinajstić information content (AvgIpc) is 3.11. The lowest BCUT2D eigenvalue weighted by atomic mass is 9.93. The summed E-state index contributed by atoms with van der Waals surface area (Å²) in [6, 6.07) is 0. The summed E-state index contributed by atoms with van der Waals surface area (Å²) in [5, 5.41) is 19.2. The van der Waals surface area contributed by atoms with Gasteiger partial charge < -0.3 is 14.9 Å². The third kappa shape index (κ3) is 3.90. The van der Waals surface area contributed by atoms with Crippen LogP contribution in [-0.4, -0.2) is 34.9 Å². The molecule has 0 spiro atoms. The summed E-state index contributed by atoms with van der Waals surface area (Å²) in [6.45, 7) is 3.84. The molecule has 102 valence electrons. The number of aliphatic hydroxyl groups is 2. The fraction of sp³-hybridized carbons (Fsp3) is 1.00. The molecule has 0 aliphatic heterocycles. The van der Waals surface area contributed by atoms with E-state index in [1.54, 1.807) is 0 Å². The predicted octanol–water partition coefficient (Wildman–Crippen LogP) is 2.40. The summed E-state index contributed by atoms with van der Waals surface area (Å²) in [6.07, 6.45) is 2.85. The number of aliphatic hydroxyl groups excluding tert-OH is 2. The highest BCUT2D eigenvalue weighted by molar-refractivity contribution is 5.00. The van der Waals surface area contributed by atoms with Gasteiger partial charge in [0, 0.05) is 12.5 Å². The largest absolute Gasteiger partial charge is 0.390 e. The zero-order valence-electron chi connectivity index (χ0n) is 10.9. The molecule has 0 aromatic carbocycles. The molecule has 1 fully saturated rings. The third-order valence-electron chi connectivity index (χ3n) is 3.50. The highest BCUT2D eigenvalue weighted by atomic mass is 19.1. The van der Waals surface area contributed by atoms with Gasteiger partial charge in [0.05, 0.1) is 6.10 Å². The van der Waals surface area contributed by atoms with Crippen molar-refractivity contribution in [3.8, 4) is 0 Å². The molecule has 0 bridgehead atoms. The van der Waals surface area contributed by atoms with E-state index >= 15 is 0 Å². The van der Waals surface area contributed by atoms with Gasteiger partial charge in [0.15, 0.2) is 12.0 Å². The highest BCUT2D eigenvalue weighted by Gasteiger charge is 2.55. The lowest BCUT2D eigenvalue weighted by Crippen LogP contribution is -2.50. The van der Waals surface area contributed by atoms with Crippen molar-refractivity contribution < 1.29 is 19.3 Å². The maximum Gasteiger partial charge on any atom is 0.192 e. The van der Waals surface area contributed by atoms with Crippen LogP contribution in [0.4, 0.5) is 4.39 Å². The van der Waals surface area contributed by atoms with Crippen LogP contribution in [0.1, 0.15) is 52.4 Å². The fourth-order valence-corrected chi connectivity index (χ4v) is 2.13. The molecule has 0 aromatic rings. The Kier molecular flexibility index (Phi) is 5.83. The van der Waals surface area contributed by atoms with Crippen LogP contribution < -0.4 is 0 Å². The Hall–Kier alpha value is -0.190. The molecule has 1 saturated carbocycles. The minimum Gasteiger partial charge on any atom is -0.390 e. The van der Waals surface area contributed by atoms with E-state index in [1.165, 1.54) is 6.92 Å². The minimum atomic E-state index is -2.00. The van der Waals surface area contributed by atoms with Crippen LogP contribution in [0.5, 0.6) is 0 Å². The number of rotatable bonds is 9. The standard InChI is InChI=1S/C13H25FO3/c1-3-4-5-6-9-17-12(16)13(14,10(2)15)11-7-8-11/h10-12,15-16H,3-9H2,1-2H3. The molecule has 3 unspecified atom stereocenters.